The van der Waals surface area contributed by atoms with Crippen LogP contribution in [0.3, 0.4) is 0 Å². The number of primary amides is 1. The van der Waals surface area contributed by atoms with Crippen molar-refractivity contribution in [2.24, 2.45) is 29.4 Å². The number of benzene rings is 1. The summed E-state index contributed by atoms with van der Waals surface area (Å²) in [5.41, 5.74) is 6.48. The third-order valence-electron chi connectivity index (χ3n) is 4.65. The van der Waals surface area contributed by atoms with Gasteiger partial charge in [0.15, 0.2) is 0 Å². The summed E-state index contributed by atoms with van der Waals surface area (Å²) in [4.78, 5) is 34.8. The van der Waals surface area contributed by atoms with Crippen LogP contribution in [0.25, 0.3) is 0 Å². The van der Waals surface area contributed by atoms with Crippen molar-refractivity contribution >= 4 is 23.5 Å². The van der Waals surface area contributed by atoms with Crippen molar-refractivity contribution in [2.75, 3.05) is 5.32 Å². The number of hydrogen-bond acceptors (Lipinski definition) is 3. The van der Waals surface area contributed by atoms with Crippen LogP contribution in [0.4, 0.5) is 5.69 Å². The van der Waals surface area contributed by atoms with Gasteiger partial charge in [-0.25, -0.2) is 0 Å². The number of amides is 2. The van der Waals surface area contributed by atoms with Gasteiger partial charge >= 0.3 is 5.97 Å². The van der Waals surface area contributed by atoms with E-state index < -0.39 is 23.7 Å². The predicted molar refractivity (Wildman–Crippen MR) is 83.3 cm³/mol. The summed E-state index contributed by atoms with van der Waals surface area (Å²) in [5, 5.41) is 12.2. The molecular weight excluding hydrogens is 296 g/mol. The van der Waals surface area contributed by atoms with Gasteiger partial charge in [0.25, 0.3) is 0 Å². The highest BCUT2D eigenvalue weighted by Crippen LogP contribution is 2.48. The van der Waals surface area contributed by atoms with Crippen LogP contribution >= 0.6 is 0 Å². The molecule has 2 aliphatic carbocycles. The molecule has 2 aliphatic rings. The number of nitrogens with one attached hydrogen (secondary N) is 1. The minimum absolute atomic E-state index is 0.00441. The summed E-state index contributed by atoms with van der Waals surface area (Å²) in [7, 11) is 0. The fourth-order valence-electron chi connectivity index (χ4n) is 3.65. The number of anilines is 1. The van der Waals surface area contributed by atoms with E-state index in [4.69, 9.17) is 5.73 Å². The van der Waals surface area contributed by atoms with E-state index in [-0.39, 0.29) is 24.2 Å². The summed E-state index contributed by atoms with van der Waals surface area (Å²) in [6.07, 6.45) is 4.73. The summed E-state index contributed by atoms with van der Waals surface area (Å²) in [5.74, 6) is -2.84. The molecule has 2 amide bonds. The van der Waals surface area contributed by atoms with Crippen LogP contribution in [0.1, 0.15) is 12.0 Å². The van der Waals surface area contributed by atoms with Gasteiger partial charge in [-0.3, -0.25) is 14.4 Å². The SMILES string of the molecule is NC(=O)Cc1ccc(NC(=O)C2C3C=CC(C3)C2C(=O)O)cc1. The Kier molecular flexibility index (Phi) is 3.90. The van der Waals surface area contributed by atoms with Crippen LogP contribution in [0.5, 0.6) is 0 Å². The van der Waals surface area contributed by atoms with Crippen molar-refractivity contribution in [1.29, 1.82) is 0 Å². The lowest BCUT2D eigenvalue weighted by Crippen LogP contribution is -2.36. The van der Waals surface area contributed by atoms with Gasteiger partial charge in [-0.1, -0.05) is 24.3 Å². The molecular formula is C17H18N2O4. The second kappa shape index (κ2) is 5.87. The van der Waals surface area contributed by atoms with Gasteiger partial charge in [0.05, 0.1) is 18.3 Å². The molecule has 6 heteroatoms. The first-order chi connectivity index (χ1) is 11.0. The lowest BCUT2D eigenvalue weighted by atomic mass is 9.82. The minimum Gasteiger partial charge on any atom is -0.481 e. The van der Waals surface area contributed by atoms with E-state index in [1.165, 1.54) is 0 Å². The number of hydrogen-bond donors (Lipinski definition) is 3. The second-order valence-electron chi connectivity index (χ2n) is 6.17. The zero-order valence-corrected chi connectivity index (χ0v) is 12.4. The summed E-state index contributed by atoms with van der Waals surface area (Å²) < 4.78 is 0. The first-order valence-corrected chi connectivity index (χ1v) is 7.55. The Labute approximate surface area is 133 Å². The maximum atomic E-state index is 12.5. The number of nitrogens with two attached hydrogens (primary N) is 1. The van der Waals surface area contributed by atoms with Crippen LogP contribution in [0.2, 0.25) is 0 Å². The molecule has 2 bridgehead atoms. The molecule has 6 nitrogen and oxygen atoms in total. The van der Waals surface area contributed by atoms with Gasteiger partial charge in [0, 0.05) is 5.69 Å². The van der Waals surface area contributed by atoms with Crippen LogP contribution in [0.15, 0.2) is 36.4 Å². The van der Waals surface area contributed by atoms with Gasteiger partial charge in [-0.2, -0.15) is 0 Å². The third-order valence-corrected chi connectivity index (χ3v) is 4.65. The Morgan fingerprint density at radius 3 is 2.26 bits per heavy atom. The van der Waals surface area contributed by atoms with E-state index >= 15 is 0 Å². The number of fused-ring (bicyclic) bond motifs is 2. The number of carboxylic acids is 1. The molecule has 0 heterocycles. The number of aliphatic carboxylic acids is 1. The summed E-state index contributed by atoms with van der Waals surface area (Å²) in [6.45, 7) is 0. The van der Waals surface area contributed by atoms with Gasteiger partial charge in [-0.15, -0.1) is 0 Å². The average Bonchev–Trinajstić information content (AvgIpc) is 3.09. The number of carboxylic acid groups (broad SMARTS) is 1. The quantitative estimate of drug-likeness (QED) is 0.709. The molecule has 1 aromatic carbocycles. The highest BCUT2D eigenvalue weighted by molar-refractivity contribution is 5.96. The van der Waals surface area contributed by atoms with E-state index in [0.717, 1.165) is 12.0 Å². The molecule has 1 saturated carbocycles. The molecule has 0 aromatic heterocycles. The van der Waals surface area contributed by atoms with Crippen LogP contribution < -0.4 is 11.1 Å². The zero-order chi connectivity index (χ0) is 16.6. The van der Waals surface area contributed by atoms with Crippen LogP contribution in [-0.2, 0) is 20.8 Å². The standard InChI is InChI=1S/C17H18N2O4/c18-13(20)7-9-1-5-12(6-2-9)19-16(21)14-10-3-4-11(8-10)15(14)17(22)23/h1-6,10-11,14-15H,7-8H2,(H2,18,20)(H,19,21)(H,22,23). The first kappa shape index (κ1) is 15.3. The largest absolute Gasteiger partial charge is 0.481 e. The Bertz CT molecular complexity index is 680. The second-order valence-corrected chi connectivity index (χ2v) is 6.17. The van der Waals surface area contributed by atoms with Crippen LogP contribution in [-0.4, -0.2) is 22.9 Å². The van der Waals surface area contributed by atoms with Gasteiger partial charge in [-0.05, 0) is 36.0 Å². The van der Waals surface area contributed by atoms with E-state index in [2.05, 4.69) is 5.32 Å². The lowest BCUT2D eigenvalue weighted by Gasteiger charge is -2.23. The zero-order valence-electron chi connectivity index (χ0n) is 12.4. The molecule has 4 N–H and O–H groups in total. The molecule has 0 aliphatic heterocycles. The molecule has 23 heavy (non-hydrogen) atoms. The number of rotatable bonds is 5. The van der Waals surface area contributed by atoms with Crippen LogP contribution in [0, 0.1) is 23.7 Å². The van der Waals surface area contributed by atoms with Gasteiger partial charge < -0.3 is 16.2 Å². The fraction of sp³-hybridized carbons (Fsp3) is 0.353. The number of carbonyl (C=O) groups is 3. The van der Waals surface area contributed by atoms with Gasteiger partial charge in [0.2, 0.25) is 11.8 Å². The van der Waals surface area contributed by atoms with Crippen molar-refractivity contribution < 1.29 is 19.5 Å². The molecule has 120 valence electrons. The molecule has 0 radical (unpaired) electrons. The first-order valence-electron chi connectivity index (χ1n) is 7.55. The summed E-state index contributed by atoms with van der Waals surface area (Å²) >= 11 is 0. The minimum atomic E-state index is -0.918. The Hall–Kier alpha value is -2.63. The van der Waals surface area contributed by atoms with E-state index in [1.54, 1.807) is 24.3 Å². The highest BCUT2D eigenvalue weighted by atomic mass is 16.4. The van der Waals surface area contributed by atoms with Crippen molar-refractivity contribution in [3.8, 4) is 0 Å². The van der Waals surface area contributed by atoms with Gasteiger partial charge in [0.1, 0.15) is 0 Å². The Morgan fingerprint density at radius 1 is 1.09 bits per heavy atom. The Balaban J connectivity index is 1.70. The highest BCUT2D eigenvalue weighted by Gasteiger charge is 2.51. The average molecular weight is 314 g/mol. The molecule has 0 saturated heterocycles. The normalized spacial score (nSPS) is 27.8. The van der Waals surface area contributed by atoms with Crippen molar-refractivity contribution in [1.82, 2.24) is 0 Å². The van der Waals surface area contributed by atoms with E-state index in [9.17, 15) is 19.5 Å². The number of allylic oxidation sites excluding steroid dienone is 2. The van der Waals surface area contributed by atoms with Crippen molar-refractivity contribution in [2.45, 2.75) is 12.8 Å². The third kappa shape index (κ3) is 2.97. The molecule has 1 fully saturated rings. The summed E-state index contributed by atoms with van der Waals surface area (Å²) in [6, 6.07) is 6.81. The van der Waals surface area contributed by atoms with Crippen molar-refractivity contribution in [3.63, 3.8) is 0 Å². The molecule has 4 atom stereocenters. The monoisotopic (exact) mass is 314 g/mol. The maximum Gasteiger partial charge on any atom is 0.307 e. The predicted octanol–water partition coefficient (Wildman–Crippen LogP) is 1.18. The molecule has 1 aromatic rings. The lowest BCUT2D eigenvalue weighted by molar-refractivity contribution is -0.146. The molecule has 3 rings (SSSR count). The number of carbonyl (C=O) groups excluding carboxylic acids is 2. The Morgan fingerprint density at radius 2 is 1.70 bits per heavy atom. The smallest absolute Gasteiger partial charge is 0.307 e. The molecule has 4 unspecified atom stereocenters. The molecule has 0 spiro atoms. The maximum absolute atomic E-state index is 12.5. The van der Waals surface area contributed by atoms with E-state index in [0.29, 0.717) is 5.69 Å². The van der Waals surface area contributed by atoms with E-state index in [1.807, 2.05) is 12.2 Å². The topological polar surface area (TPSA) is 109 Å². The van der Waals surface area contributed by atoms with Crippen molar-refractivity contribution in [3.05, 3.63) is 42.0 Å². The fourth-order valence-corrected chi connectivity index (χ4v) is 3.65.